The molecule has 0 saturated heterocycles. The van der Waals surface area contributed by atoms with Gasteiger partial charge in [-0.15, -0.1) is 0 Å². The van der Waals surface area contributed by atoms with E-state index in [2.05, 4.69) is 15.4 Å². The average Bonchev–Trinajstić information content (AvgIpc) is 3.14. The molecule has 0 unspecified atom stereocenters. The van der Waals surface area contributed by atoms with E-state index in [9.17, 15) is 4.79 Å². The normalized spacial score (nSPS) is 18.8. The third-order valence-electron chi connectivity index (χ3n) is 4.56. The van der Waals surface area contributed by atoms with Gasteiger partial charge >= 0.3 is 0 Å². The molecule has 4 rings (SSSR count). The fourth-order valence-electron chi connectivity index (χ4n) is 3.16. The summed E-state index contributed by atoms with van der Waals surface area (Å²) < 4.78 is 7.64. The second-order valence-corrected chi connectivity index (χ2v) is 6.55. The van der Waals surface area contributed by atoms with Crippen LogP contribution in [0.4, 0.5) is 0 Å². The Morgan fingerprint density at radius 2 is 1.96 bits per heavy atom. The molecule has 1 amide bonds. The van der Waals surface area contributed by atoms with Gasteiger partial charge in [0.25, 0.3) is 5.91 Å². The van der Waals surface area contributed by atoms with Gasteiger partial charge in [-0.25, -0.2) is 0 Å². The number of benzene rings is 1. The Morgan fingerprint density at radius 3 is 2.65 bits per heavy atom. The molecule has 0 atom stereocenters. The Morgan fingerprint density at radius 1 is 1.12 bits per heavy atom. The van der Waals surface area contributed by atoms with Gasteiger partial charge in [-0.1, -0.05) is 0 Å². The third-order valence-corrected chi connectivity index (χ3v) is 4.56. The van der Waals surface area contributed by atoms with Gasteiger partial charge in [0, 0.05) is 36.7 Å². The zero-order chi connectivity index (χ0) is 17.8. The molecule has 1 aromatic carbocycles. The van der Waals surface area contributed by atoms with Crippen molar-refractivity contribution in [3.8, 4) is 11.5 Å². The Kier molecular flexibility index (Phi) is 4.64. The van der Waals surface area contributed by atoms with Crippen LogP contribution in [-0.2, 0) is 6.54 Å². The van der Waals surface area contributed by atoms with E-state index < -0.39 is 0 Å². The van der Waals surface area contributed by atoms with Gasteiger partial charge in [0.15, 0.2) is 0 Å². The molecule has 0 bridgehead atoms. The number of amides is 1. The molecule has 6 nitrogen and oxygen atoms in total. The van der Waals surface area contributed by atoms with Crippen molar-refractivity contribution >= 4 is 5.91 Å². The highest BCUT2D eigenvalue weighted by atomic mass is 16.5. The number of pyridine rings is 1. The summed E-state index contributed by atoms with van der Waals surface area (Å²) in [6, 6.07) is 13.0. The van der Waals surface area contributed by atoms with Gasteiger partial charge in [-0.05, 0) is 61.2 Å². The minimum atomic E-state index is -0.0412. The maximum absolute atomic E-state index is 12.4. The van der Waals surface area contributed by atoms with Crippen LogP contribution >= 0.6 is 0 Å². The van der Waals surface area contributed by atoms with E-state index in [4.69, 9.17) is 4.74 Å². The predicted octanol–water partition coefficient (Wildman–Crippen LogP) is 3.28. The number of hydrogen-bond donors (Lipinski definition) is 1. The molecule has 2 aromatic heterocycles. The molecule has 0 aliphatic heterocycles. The van der Waals surface area contributed by atoms with Crippen molar-refractivity contribution in [2.75, 3.05) is 0 Å². The van der Waals surface area contributed by atoms with Crippen molar-refractivity contribution in [1.29, 1.82) is 0 Å². The zero-order valence-electron chi connectivity index (χ0n) is 14.3. The molecule has 6 heteroatoms. The molecular formula is C20H20N4O2. The first-order valence-corrected chi connectivity index (χ1v) is 8.72. The molecule has 1 aliphatic carbocycles. The molecular weight excluding hydrogens is 328 g/mol. The number of nitrogens with one attached hydrogen (secondary N) is 1. The molecule has 26 heavy (non-hydrogen) atoms. The molecule has 132 valence electrons. The molecule has 3 aromatic rings. The average molecular weight is 348 g/mol. The molecule has 0 radical (unpaired) electrons. The SMILES string of the molecule is O=C(NC1CC(Cn2cccn2)C1)c1ccc(Oc2cccnc2)cc1. The lowest BCUT2D eigenvalue weighted by molar-refractivity contribution is 0.0879. The third kappa shape index (κ3) is 3.91. The molecule has 1 N–H and O–H groups in total. The molecule has 1 aliphatic rings. The molecule has 2 heterocycles. The number of aromatic nitrogens is 3. The van der Waals surface area contributed by atoms with Gasteiger partial charge in [0.2, 0.25) is 0 Å². The van der Waals surface area contributed by atoms with Crippen LogP contribution in [-0.4, -0.2) is 26.7 Å². The van der Waals surface area contributed by atoms with Crippen LogP contribution in [0.5, 0.6) is 11.5 Å². The number of rotatable bonds is 6. The fraction of sp³-hybridized carbons (Fsp3) is 0.250. The minimum absolute atomic E-state index is 0.0412. The first kappa shape index (κ1) is 16.3. The number of carbonyl (C=O) groups is 1. The van der Waals surface area contributed by atoms with Gasteiger partial charge in [-0.2, -0.15) is 5.10 Å². The lowest BCUT2D eigenvalue weighted by atomic mass is 9.80. The highest BCUT2D eigenvalue weighted by Gasteiger charge is 2.30. The van der Waals surface area contributed by atoms with Gasteiger partial charge in [0.1, 0.15) is 11.5 Å². The second-order valence-electron chi connectivity index (χ2n) is 6.55. The maximum atomic E-state index is 12.4. The quantitative estimate of drug-likeness (QED) is 0.742. The van der Waals surface area contributed by atoms with Crippen molar-refractivity contribution in [2.45, 2.75) is 25.4 Å². The summed E-state index contributed by atoms with van der Waals surface area (Å²) in [5.74, 6) is 1.88. The van der Waals surface area contributed by atoms with Gasteiger partial charge < -0.3 is 10.1 Å². The maximum Gasteiger partial charge on any atom is 0.251 e. The van der Waals surface area contributed by atoms with E-state index in [-0.39, 0.29) is 11.9 Å². The highest BCUT2D eigenvalue weighted by Crippen LogP contribution is 2.29. The highest BCUT2D eigenvalue weighted by molar-refractivity contribution is 5.94. The van der Waals surface area contributed by atoms with Crippen LogP contribution in [0.2, 0.25) is 0 Å². The number of carbonyl (C=O) groups excluding carboxylic acids is 1. The Bertz CT molecular complexity index is 841. The molecule has 1 saturated carbocycles. The first-order valence-electron chi connectivity index (χ1n) is 8.72. The van der Waals surface area contributed by atoms with E-state index in [1.54, 1.807) is 42.9 Å². The van der Waals surface area contributed by atoms with E-state index in [0.717, 1.165) is 19.4 Å². The topological polar surface area (TPSA) is 69.0 Å². The number of ether oxygens (including phenoxy) is 1. The van der Waals surface area contributed by atoms with E-state index in [1.165, 1.54) is 0 Å². The van der Waals surface area contributed by atoms with Gasteiger partial charge in [-0.3, -0.25) is 14.5 Å². The summed E-state index contributed by atoms with van der Waals surface area (Å²) in [5, 5.41) is 7.32. The lowest BCUT2D eigenvalue weighted by Gasteiger charge is -2.35. The van der Waals surface area contributed by atoms with E-state index in [0.29, 0.717) is 23.0 Å². The molecule has 1 fully saturated rings. The van der Waals surface area contributed by atoms with Crippen LogP contribution in [0.3, 0.4) is 0 Å². The molecule has 0 spiro atoms. The van der Waals surface area contributed by atoms with Crippen LogP contribution in [0.15, 0.2) is 67.3 Å². The van der Waals surface area contributed by atoms with Crippen molar-refractivity contribution < 1.29 is 9.53 Å². The fourth-order valence-corrected chi connectivity index (χ4v) is 3.16. The monoisotopic (exact) mass is 348 g/mol. The van der Waals surface area contributed by atoms with Crippen LogP contribution in [0, 0.1) is 5.92 Å². The standard InChI is InChI=1S/C20H20N4O2/c25-20(23-17-11-15(12-17)14-24-10-2-9-22-24)16-4-6-18(7-5-16)26-19-3-1-8-21-13-19/h1-10,13,15,17H,11-12,14H2,(H,23,25). The smallest absolute Gasteiger partial charge is 0.251 e. The van der Waals surface area contributed by atoms with Crippen LogP contribution < -0.4 is 10.1 Å². The lowest BCUT2D eigenvalue weighted by Crippen LogP contribution is -2.45. The Balaban J connectivity index is 1.26. The van der Waals surface area contributed by atoms with Crippen molar-refractivity contribution in [3.05, 3.63) is 72.8 Å². The van der Waals surface area contributed by atoms with Crippen LogP contribution in [0.1, 0.15) is 23.2 Å². The minimum Gasteiger partial charge on any atom is -0.456 e. The Hall–Kier alpha value is -3.15. The first-order chi connectivity index (χ1) is 12.8. The summed E-state index contributed by atoms with van der Waals surface area (Å²) in [5.41, 5.74) is 0.638. The predicted molar refractivity (Wildman–Crippen MR) is 97.0 cm³/mol. The van der Waals surface area contributed by atoms with Crippen molar-refractivity contribution in [2.24, 2.45) is 5.92 Å². The number of nitrogens with zero attached hydrogens (tertiary/aromatic N) is 3. The summed E-state index contributed by atoms with van der Waals surface area (Å²) in [7, 11) is 0. The largest absolute Gasteiger partial charge is 0.456 e. The van der Waals surface area contributed by atoms with E-state index >= 15 is 0 Å². The Labute approximate surface area is 151 Å². The second kappa shape index (κ2) is 7.39. The van der Waals surface area contributed by atoms with Crippen molar-refractivity contribution in [1.82, 2.24) is 20.1 Å². The zero-order valence-corrected chi connectivity index (χ0v) is 14.3. The van der Waals surface area contributed by atoms with E-state index in [1.807, 2.05) is 29.1 Å². The summed E-state index contributed by atoms with van der Waals surface area (Å²) in [6.07, 6.45) is 9.10. The van der Waals surface area contributed by atoms with Crippen molar-refractivity contribution in [3.63, 3.8) is 0 Å². The number of hydrogen-bond acceptors (Lipinski definition) is 4. The summed E-state index contributed by atoms with van der Waals surface area (Å²) in [4.78, 5) is 16.4. The van der Waals surface area contributed by atoms with Crippen LogP contribution in [0.25, 0.3) is 0 Å². The van der Waals surface area contributed by atoms with Gasteiger partial charge in [0.05, 0.1) is 6.20 Å². The summed E-state index contributed by atoms with van der Waals surface area (Å²) >= 11 is 0. The summed E-state index contributed by atoms with van der Waals surface area (Å²) in [6.45, 7) is 0.916.